The molecule has 6 nitrogen and oxygen atoms in total. The Kier molecular flexibility index (Phi) is 6.66. The number of aryl methyl sites for hydroxylation is 1. The number of amides is 1. The number of sulfonamides is 1. The van der Waals surface area contributed by atoms with Crippen LogP contribution in [0.25, 0.3) is 0 Å². The summed E-state index contributed by atoms with van der Waals surface area (Å²) in [6.07, 6.45) is 2.34. The number of para-hydroxylation sites is 1. The molecule has 1 aliphatic rings. The average Bonchev–Trinajstić information content (AvgIpc) is 2.85. The van der Waals surface area contributed by atoms with E-state index in [9.17, 15) is 13.2 Å². The second-order valence-corrected chi connectivity index (χ2v) is 10.4. The van der Waals surface area contributed by atoms with E-state index in [4.69, 9.17) is 4.74 Å². The van der Waals surface area contributed by atoms with Crippen LogP contribution in [0.15, 0.2) is 77.7 Å². The van der Waals surface area contributed by atoms with Crippen molar-refractivity contribution in [2.45, 2.75) is 56.6 Å². The molecule has 0 radical (unpaired) electrons. The van der Waals surface area contributed by atoms with Crippen LogP contribution in [0.1, 0.15) is 60.6 Å². The van der Waals surface area contributed by atoms with E-state index in [1.807, 2.05) is 24.3 Å². The molecule has 0 saturated carbocycles. The van der Waals surface area contributed by atoms with Gasteiger partial charge in [0.1, 0.15) is 11.4 Å². The van der Waals surface area contributed by atoms with Gasteiger partial charge in [-0.15, -0.1) is 0 Å². The third-order valence-corrected chi connectivity index (χ3v) is 7.97. The molecule has 1 heterocycles. The Balaban J connectivity index is 1.59. The second kappa shape index (κ2) is 9.50. The molecule has 7 heteroatoms. The average molecular weight is 479 g/mol. The Bertz CT molecular complexity index is 1280. The predicted octanol–water partition coefficient (Wildman–Crippen LogP) is 5.61. The summed E-state index contributed by atoms with van der Waals surface area (Å²) in [5, 5.41) is 3.16. The summed E-state index contributed by atoms with van der Waals surface area (Å²) in [5.41, 5.74) is 2.10. The maximum atomic E-state index is 13.3. The zero-order valence-electron chi connectivity index (χ0n) is 19.7. The molecule has 3 aromatic rings. The second-order valence-electron chi connectivity index (χ2n) is 8.71. The van der Waals surface area contributed by atoms with Gasteiger partial charge >= 0.3 is 0 Å². The lowest BCUT2D eigenvalue weighted by atomic mass is 9.83. The Morgan fingerprint density at radius 2 is 1.68 bits per heavy atom. The van der Waals surface area contributed by atoms with Crippen LogP contribution in [0.2, 0.25) is 0 Å². The highest BCUT2D eigenvalue weighted by molar-refractivity contribution is 7.92. The SMILES string of the molecule is CCC1(CC)C[C@@H](NC(=O)c2ccc(C)c(NS(=O)(=O)c3ccccc3)c2)c2ccccc2O1. The van der Waals surface area contributed by atoms with Crippen molar-refractivity contribution in [3.8, 4) is 5.75 Å². The van der Waals surface area contributed by atoms with Crippen LogP contribution in [-0.2, 0) is 10.0 Å². The molecule has 1 aliphatic heterocycles. The number of hydrogen-bond acceptors (Lipinski definition) is 4. The molecule has 3 aromatic carbocycles. The molecule has 0 aliphatic carbocycles. The lowest BCUT2D eigenvalue weighted by Gasteiger charge is -2.41. The number of ether oxygens (including phenoxy) is 1. The number of carbonyl (C=O) groups is 1. The molecule has 178 valence electrons. The van der Waals surface area contributed by atoms with Crippen LogP contribution >= 0.6 is 0 Å². The van der Waals surface area contributed by atoms with Gasteiger partial charge in [0.05, 0.1) is 16.6 Å². The fourth-order valence-electron chi connectivity index (χ4n) is 4.35. The molecule has 1 atom stereocenters. The van der Waals surface area contributed by atoms with E-state index in [1.54, 1.807) is 43.3 Å². The van der Waals surface area contributed by atoms with Crippen LogP contribution in [0.3, 0.4) is 0 Å². The molecule has 0 bridgehead atoms. The molecular weight excluding hydrogens is 448 g/mol. The van der Waals surface area contributed by atoms with E-state index in [2.05, 4.69) is 23.9 Å². The molecule has 34 heavy (non-hydrogen) atoms. The first kappa shape index (κ1) is 23.8. The van der Waals surface area contributed by atoms with Crippen molar-refractivity contribution in [3.63, 3.8) is 0 Å². The third-order valence-electron chi connectivity index (χ3n) is 6.59. The highest BCUT2D eigenvalue weighted by atomic mass is 32.2. The van der Waals surface area contributed by atoms with Crippen molar-refractivity contribution in [3.05, 3.63) is 89.5 Å². The number of anilines is 1. The molecule has 2 N–H and O–H groups in total. The topological polar surface area (TPSA) is 84.5 Å². The van der Waals surface area contributed by atoms with Gasteiger partial charge in [-0.2, -0.15) is 0 Å². The summed E-state index contributed by atoms with van der Waals surface area (Å²) >= 11 is 0. The number of benzene rings is 3. The third kappa shape index (κ3) is 4.80. The van der Waals surface area contributed by atoms with E-state index in [1.165, 1.54) is 12.1 Å². The summed E-state index contributed by atoms with van der Waals surface area (Å²) in [4.78, 5) is 13.4. The van der Waals surface area contributed by atoms with Crippen molar-refractivity contribution < 1.29 is 17.9 Å². The molecule has 0 unspecified atom stereocenters. The van der Waals surface area contributed by atoms with Crippen molar-refractivity contribution in [1.29, 1.82) is 0 Å². The standard InChI is InChI=1S/C27H30N2O4S/c1-4-27(5-2)18-24(22-13-9-10-14-25(22)33-27)28-26(30)20-16-15-19(3)23(17-20)29-34(31,32)21-11-7-6-8-12-21/h6-17,24,29H,4-5,18H2,1-3H3,(H,28,30)/t24-/m1/s1. The summed E-state index contributed by atoms with van der Waals surface area (Å²) in [7, 11) is -3.77. The van der Waals surface area contributed by atoms with Gasteiger partial charge in [-0.05, 0) is 55.7 Å². The Labute approximate surface area is 201 Å². The number of hydrogen-bond donors (Lipinski definition) is 2. The summed E-state index contributed by atoms with van der Waals surface area (Å²) in [6, 6.07) is 20.8. The van der Waals surface area contributed by atoms with Crippen molar-refractivity contribution in [1.82, 2.24) is 5.32 Å². The van der Waals surface area contributed by atoms with Crippen molar-refractivity contribution in [2.75, 3.05) is 4.72 Å². The van der Waals surface area contributed by atoms with Gasteiger partial charge in [-0.1, -0.05) is 56.3 Å². The number of fused-ring (bicyclic) bond motifs is 1. The first-order valence-electron chi connectivity index (χ1n) is 11.5. The Hall–Kier alpha value is -3.32. The first-order valence-corrected chi connectivity index (χ1v) is 13.0. The molecule has 0 saturated heterocycles. The fourth-order valence-corrected chi connectivity index (χ4v) is 5.49. The van der Waals surface area contributed by atoms with E-state index < -0.39 is 10.0 Å². The summed E-state index contributed by atoms with van der Waals surface area (Å²) in [5.74, 6) is 0.533. The maximum Gasteiger partial charge on any atom is 0.261 e. The minimum absolute atomic E-state index is 0.165. The number of rotatable bonds is 7. The van der Waals surface area contributed by atoms with Gasteiger partial charge in [0.25, 0.3) is 15.9 Å². The maximum absolute atomic E-state index is 13.3. The lowest BCUT2D eigenvalue weighted by molar-refractivity contribution is 0.0227. The van der Waals surface area contributed by atoms with E-state index in [-0.39, 0.29) is 22.4 Å². The van der Waals surface area contributed by atoms with Gasteiger partial charge in [0.2, 0.25) is 0 Å². The first-order chi connectivity index (χ1) is 16.3. The van der Waals surface area contributed by atoms with E-state index in [0.717, 1.165) is 29.7 Å². The van der Waals surface area contributed by atoms with Crippen LogP contribution < -0.4 is 14.8 Å². The zero-order chi connectivity index (χ0) is 24.3. The van der Waals surface area contributed by atoms with Crippen LogP contribution in [-0.4, -0.2) is 19.9 Å². The van der Waals surface area contributed by atoms with Gasteiger partial charge in [0, 0.05) is 17.5 Å². The van der Waals surface area contributed by atoms with Crippen molar-refractivity contribution in [2.24, 2.45) is 0 Å². The summed E-state index contributed by atoms with van der Waals surface area (Å²) in [6.45, 7) is 6.00. The molecular formula is C27H30N2O4S. The van der Waals surface area contributed by atoms with Gasteiger partial charge in [-0.3, -0.25) is 9.52 Å². The van der Waals surface area contributed by atoms with Crippen LogP contribution in [0.4, 0.5) is 5.69 Å². The fraction of sp³-hybridized carbons (Fsp3) is 0.296. The number of carbonyl (C=O) groups excluding carboxylic acids is 1. The quantitative estimate of drug-likeness (QED) is 0.462. The van der Waals surface area contributed by atoms with Gasteiger partial charge in [-0.25, -0.2) is 8.42 Å². The number of nitrogens with one attached hydrogen (secondary N) is 2. The Morgan fingerprint density at radius 3 is 2.38 bits per heavy atom. The molecule has 1 amide bonds. The molecule has 0 aromatic heterocycles. The van der Waals surface area contributed by atoms with E-state index >= 15 is 0 Å². The van der Waals surface area contributed by atoms with Crippen molar-refractivity contribution >= 4 is 21.6 Å². The molecule has 0 fully saturated rings. The lowest BCUT2D eigenvalue weighted by Crippen LogP contribution is -2.44. The predicted molar refractivity (Wildman–Crippen MR) is 134 cm³/mol. The summed E-state index contributed by atoms with van der Waals surface area (Å²) < 4.78 is 34.6. The van der Waals surface area contributed by atoms with Crippen LogP contribution in [0.5, 0.6) is 5.75 Å². The monoisotopic (exact) mass is 478 g/mol. The van der Waals surface area contributed by atoms with Crippen LogP contribution in [0, 0.1) is 6.92 Å². The van der Waals surface area contributed by atoms with E-state index in [0.29, 0.717) is 17.7 Å². The minimum atomic E-state index is -3.77. The smallest absolute Gasteiger partial charge is 0.261 e. The largest absolute Gasteiger partial charge is 0.487 e. The van der Waals surface area contributed by atoms with Gasteiger partial charge in [0.15, 0.2) is 0 Å². The zero-order valence-corrected chi connectivity index (χ0v) is 20.5. The Morgan fingerprint density at radius 1 is 1.00 bits per heavy atom. The molecule has 0 spiro atoms. The minimum Gasteiger partial charge on any atom is -0.487 e. The normalized spacial score (nSPS) is 16.7. The van der Waals surface area contributed by atoms with Gasteiger partial charge < -0.3 is 10.1 Å². The molecule has 4 rings (SSSR count). The highest BCUT2D eigenvalue weighted by Crippen LogP contribution is 2.42. The highest BCUT2D eigenvalue weighted by Gasteiger charge is 2.39.